The highest BCUT2D eigenvalue weighted by Crippen LogP contribution is 2.41. The van der Waals surface area contributed by atoms with E-state index in [0.29, 0.717) is 17.7 Å². The van der Waals surface area contributed by atoms with E-state index < -0.39 is 0 Å². The Morgan fingerprint density at radius 1 is 1.00 bits per heavy atom. The van der Waals surface area contributed by atoms with Gasteiger partial charge in [0, 0.05) is 12.6 Å². The minimum atomic E-state index is 0.293. The van der Waals surface area contributed by atoms with Gasteiger partial charge in [-0.3, -0.25) is 0 Å². The molecule has 3 aliphatic rings. The Hall–Kier alpha value is -0.0800. The Balaban J connectivity index is 1.41. The Bertz CT molecular complexity index is 279. The number of hydrogen-bond acceptors (Lipinski definition) is 2. The van der Waals surface area contributed by atoms with E-state index in [1.165, 1.54) is 70.6 Å². The van der Waals surface area contributed by atoms with E-state index in [1.54, 1.807) is 0 Å². The van der Waals surface area contributed by atoms with Gasteiger partial charge in [-0.25, -0.2) is 0 Å². The highest BCUT2D eigenvalue weighted by atomic mass is 16.5. The van der Waals surface area contributed by atoms with Gasteiger partial charge in [-0.2, -0.15) is 0 Å². The summed E-state index contributed by atoms with van der Waals surface area (Å²) in [6, 6.07) is 0.689. The second-order valence-electron chi connectivity index (χ2n) is 7.26. The first-order valence-electron chi connectivity index (χ1n) is 8.69. The van der Waals surface area contributed by atoms with E-state index >= 15 is 0 Å². The van der Waals surface area contributed by atoms with Crippen LogP contribution >= 0.6 is 0 Å². The summed E-state index contributed by atoms with van der Waals surface area (Å²) in [4.78, 5) is 0. The van der Waals surface area contributed by atoms with Crippen LogP contribution in [0.2, 0.25) is 0 Å². The maximum absolute atomic E-state index is 6.44. The summed E-state index contributed by atoms with van der Waals surface area (Å²) in [6.07, 6.45) is 15.7. The molecule has 3 rings (SSSR count). The molecule has 0 amide bonds. The van der Waals surface area contributed by atoms with Gasteiger partial charge in [-0.05, 0) is 51.4 Å². The van der Waals surface area contributed by atoms with E-state index in [0.717, 1.165) is 12.5 Å². The molecule has 19 heavy (non-hydrogen) atoms. The van der Waals surface area contributed by atoms with Gasteiger partial charge in [0.25, 0.3) is 0 Å². The normalized spacial score (nSPS) is 33.0. The Kier molecular flexibility index (Phi) is 4.48. The highest BCUT2D eigenvalue weighted by molar-refractivity contribution is 4.92. The zero-order valence-electron chi connectivity index (χ0n) is 12.6. The Labute approximate surface area is 118 Å². The van der Waals surface area contributed by atoms with Gasteiger partial charge < -0.3 is 10.1 Å². The first-order valence-corrected chi connectivity index (χ1v) is 8.69. The van der Waals surface area contributed by atoms with E-state index in [1.807, 2.05) is 0 Å². The molecule has 2 aliphatic carbocycles. The third-order valence-corrected chi connectivity index (χ3v) is 5.88. The summed E-state index contributed by atoms with van der Waals surface area (Å²) in [5.74, 6) is 0.921. The summed E-state index contributed by atoms with van der Waals surface area (Å²) in [6.45, 7) is 3.46. The molecule has 2 heteroatoms. The lowest BCUT2D eigenvalue weighted by atomic mass is 9.83. The van der Waals surface area contributed by atoms with Gasteiger partial charge in [0.1, 0.15) is 0 Å². The third kappa shape index (κ3) is 3.33. The molecular formula is C17H31NO. The van der Waals surface area contributed by atoms with Gasteiger partial charge >= 0.3 is 0 Å². The number of rotatable bonds is 4. The lowest BCUT2D eigenvalue weighted by Gasteiger charge is -2.33. The van der Waals surface area contributed by atoms with Crippen LogP contribution in [0.3, 0.4) is 0 Å². The van der Waals surface area contributed by atoms with Gasteiger partial charge in [-0.15, -0.1) is 0 Å². The summed E-state index contributed by atoms with van der Waals surface area (Å²) < 4.78 is 6.44. The minimum Gasteiger partial charge on any atom is -0.370 e. The maximum Gasteiger partial charge on any atom is 0.0708 e. The second kappa shape index (κ2) is 6.13. The Morgan fingerprint density at radius 2 is 1.74 bits per heavy atom. The second-order valence-corrected chi connectivity index (χ2v) is 7.26. The fourth-order valence-corrected chi connectivity index (χ4v) is 4.54. The summed E-state index contributed by atoms with van der Waals surface area (Å²) in [5, 5.41) is 3.76. The molecular weight excluding hydrogens is 234 g/mol. The molecule has 3 fully saturated rings. The van der Waals surface area contributed by atoms with E-state index in [-0.39, 0.29) is 0 Å². The largest absolute Gasteiger partial charge is 0.370 e. The number of nitrogens with one attached hydrogen (secondary N) is 1. The minimum absolute atomic E-state index is 0.293. The van der Waals surface area contributed by atoms with Crippen LogP contribution in [0, 0.1) is 5.92 Å². The summed E-state index contributed by atoms with van der Waals surface area (Å²) in [7, 11) is 0. The molecule has 2 saturated carbocycles. The van der Waals surface area contributed by atoms with Crippen molar-refractivity contribution in [3.05, 3.63) is 0 Å². The molecule has 0 aromatic carbocycles. The topological polar surface area (TPSA) is 21.3 Å². The van der Waals surface area contributed by atoms with Crippen LogP contribution in [0.5, 0.6) is 0 Å². The van der Waals surface area contributed by atoms with Crippen LogP contribution in [0.1, 0.15) is 77.6 Å². The fourth-order valence-electron chi connectivity index (χ4n) is 4.54. The van der Waals surface area contributed by atoms with Crippen LogP contribution in [-0.4, -0.2) is 24.3 Å². The molecule has 0 aromatic rings. The molecule has 1 spiro atoms. The zero-order chi connectivity index (χ0) is 13.1. The van der Waals surface area contributed by atoms with Crippen LogP contribution in [0.4, 0.5) is 0 Å². The maximum atomic E-state index is 6.44. The lowest BCUT2D eigenvalue weighted by molar-refractivity contribution is -0.0631. The van der Waals surface area contributed by atoms with Crippen molar-refractivity contribution in [3.8, 4) is 0 Å². The molecule has 1 aliphatic heterocycles. The van der Waals surface area contributed by atoms with Crippen LogP contribution in [0.15, 0.2) is 0 Å². The van der Waals surface area contributed by atoms with Crippen molar-refractivity contribution in [3.63, 3.8) is 0 Å². The van der Waals surface area contributed by atoms with Crippen molar-refractivity contribution in [1.82, 2.24) is 5.32 Å². The van der Waals surface area contributed by atoms with Crippen molar-refractivity contribution < 1.29 is 4.74 Å². The predicted octanol–water partition coefficient (Wildman–Crippen LogP) is 4.04. The van der Waals surface area contributed by atoms with Crippen LogP contribution in [0.25, 0.3) is 0 Å². The average Bonchev–Trinajstić information content (AvgIpc) is 3.08. The zero-order valence-corrected chi connectivity index (χ0v) is 12.6. The predicted molar refractivity (Wildman–Crippen MR) is 79.3 cm³/mol. The average molecular weight is 265 g/mol. The van der Waals surface area contributed by atoms with E-state index in [4.69, 9.17) is 4.74 Å². The number of ether oxygens (including phenoxy) is 1. The van der Waals surface area contributed by atoms with Crippen LogP contribution in [-0.2, 0) is 4.74 Å². The van der Waals surface area contributed by atoms with Gasteiger partial charge in [-0.1, -0.05) is 32.1 Å². The molecule has 1 N–H and O–H groups in total. The van der Waals surface area contributed by atoms with Gasteiger partial charge in [0.05, 0.1) is 11.7 Å². The van der Waals surface area contributed by atoms with Gasteiger partial charge in [0.2, 0.25) is 0 Å². The molecule has 1 heterocycles. The highest BCUT2D eigenvalue weighted by Gasteiger charge is 2.40. The van der Waals surface area contributed by atoms with Crippen molar-refractivity contribution in [2.24, 2.45) is 5.92 Å². The van der Waals surface area contributed by atoms with E-state index in [2.05, 4.69) is 12.2 Å². The first-order chi connectivity index (χ1) is 9.27. The molecule has 2 atom stereocenters. The molecule has 1 saturated heterocycles. The quantitative estimate of drug-likeness (QED) is 0.828. The molecule has 2 nitrogen and oxygen atoms in total. The Morgan fingerprint density at radius 3 is 2.47 bits per heavy atom. The van der Waals surface area contributed by atoms with E-state index in [9.17, 15) is 0 Å². The summed E-state index contributed by atoms with van der Waals surface area (Å²) >= 11 is 0. The smallest absolute Gasteiger partial charge is 0.0708 e. The van der Waals surface area contributed by atoms with Crippen molar-refractivity contribution >= 4 is 0 Å². The molecule has 110 valence electrons. The standard InChI is InChI=1S/C17H31NO/c1-14(15-7-3-4-8-15)18-13-16-9-12-17(19-16)10-5-2-6-11-17/h14-16,18H,2-13H2,1H3/t14-,16?/m1/s1. The monoisotopic (exact) mass is 265 g/mol. The summed E-state index contributed by atoms with van der Waals surface area (Å²) in [5.41, 5.74) is 0.293. The third-order valence-electron chi connectivity index (χ3n) is 5.88. The van der Waals surface area contributed by atoms with Crippen LogP contribution < -0.4 is 5.32 Å². The SMILES string of the molecule is C[C@@H](NCC1CCC2(CCCCC2)O1)C1CCCC1. The first kappa shape index (κ1) is 13.9. The molecule has 1 unspecified atom stereocenters. The fraction of sp³-hybridized carbons (Fsp3) is 1.00. The molecule has 0 bridgehead atoms. The van der Waals surface area contributed by atoms with Gasteiger partial charge in [0.15, 0.2) is 0 Å². The lowest BCUT2D eigenvalue weighted by Crippen LogP contribution is -2.39. The van der Waals surface area contributed by atoms with Crippen molar-refractivity contribution in [1.29, 1.82) is 0 Å². The molecule has 0 radical (unpaired) electrons. The number of hydrogen-bond donors (Lipinski definition) is 1. The molecule has 0 aromatic heterocycles. The van der Waals surface area contributed by atoms with Crippen molar-refractivity contribution in [2.45, 2.75) is 95.3 Å². The van der Waals surface area contributed by atoms with Crippen molar-refractivity contribution in [2.75, 3.05) is 6.54 Å².